The van der Waals surface area contributed by atoms with Crippen molar-refractivity contribution in [2.45, 2.75) is 49.9 Å². The van der Waals surface area contributed by atoms with E-state index in [1.807, 2.05) is 0 Å². The summed E-state index contributed by atoms with van der Waals surface area (Å²) in [5.41, 5.74) is 5.24. The van der Waals surface area contributed by atoms with Crippen LogP contribution in [0.2, 0.25) is 0 Å². The molecule has 3 aliphatic rings. The Morgan fingerprint density at radius 1 is 1.31 bits per heavy atom. The Balaban J connectivity index is 1.89. The van der Waals surface area contributed by atoms with Crippen LogP contribution in [0.4, 0.5) is 0 Å². The van der Waals surface area contributed by atoms with Gasteiger partial charge < -0.3 is 20.9 Å². The van der Waals surface area contributed by atoms with Gasteiger partial charge in [-0.15, -0.1) is 0 Å². The summed E-state index contributed by atoms with van der Waals surface area (Å²) in [5, 5.41) is 14.3. The van der Waals surface area contributed by atoms with Crippen molar-refractivity contribution in [3.05, 3.63) is 0 Å². The SMILES string of the molecule is NCC1(C2(O)CCNCC2)CC2CCC1O2. The van der Waals surface area contributed by atoms with E-state index in [9.17, 15) is 5.11 Å². The fourth-order valence-electron chi connectivity index (χ4n) is 4.03. The van der Waals surface area contributed by atoms with E-state index in [1.54, 1.807) is 0 Å². The molecule has 3 saturated heterocycles. The first-order valence-corrected chi connectivity index (χ1v) is 6.49. The Labute approximate surface area is 96.5 Å². The number of hydrogen-bond donors (Lipinski definition) is 3. The lowest BCUT2D eigenvalue weighted by Crippen LogP contribution is -2.61. The number of nitrogens with one attached hydrogen (secondary N) is 1. The maximum atomic E-state index is 10.9. The van der Waals surface area contributed by atoms with Crippen molar-refractivity contribution in [1.82, 2.24) is 5.32 Å². The molecule has 3 aliphatic heterocycles. The maximum Gasteiger partial charge on any atom is 0.0765 e. The van der Waals surface area contributed by atoms with Gasteiger partial charge in [0.25, 0.3) is 0 Å². The predicted molar refractivity (Wildman–Crippen MR) is 61.1 cm³/mol. The fraction of sp³-hybridized carbons (Fsp3) is 1.00. The quantitative estimate of drug-likeness (QED) is 0.620. The Morgan fingerprint density at radius 2 is 2.06 bits per heavy atom. The molecule has 0 aromatic carbocycles. The van der Waals surface area contributed by atoms with Crippen LogP contribution >= 0.6 is 0 Å². The molecule has 0 aliphatic carbocycles. The first-order valence-electron chi connectivity index (χ1n) is 6.49. The van der Waals surface area contributed by atoms with Gasteiger partial charge in [0.05, 0.1) is 17.8 Å². The highest BCUT2D eigenvalue weighted by molar-refractivity contribution is 5.12. The van der Waals surface area contributed by atoms with Crippen LogP contribution in [0.1, 0.15) is 32.1 Å². The largest absolute Gasteiger partial charge is 0.389 e. The molecular weight excluding hydrogens is 204 g/mol. The summed E-state index contributed by atoms with van der Waals surface area (Å²) >= 11 is 0. The molecule has 3 heterocycles. The van der Waals surface area contributed by atoms with Gasteiger partial charge in [-0.3, -0.25) is 0 Å². The van der Waals surface area contributed by atoms with Gasteiger partial charge in [0.15, 0.2) is 0 Å². The van der Waals surface area contributed by atoms with E-state index in [-0.39, 0.29) is 11.5 Å². The van der Waals surface area contributed by atoms with Crippen molar-refractivity contribution in [2.24, 2.45) is 11.1 Å². The average Bonchev–Trinajstić information content (AvgIpc) is 2.90. The van der Waals surface area contributed by atoms with Crippen molar-refractivity contribution >= 4 is 0 Å². The second-order valence-electron chi connectivity index (χ2n) is 5.67. The molecule has 3 atom stereocenters. The zero-order valence-electron chi connectivity index (χ0n) is 9.74. The predicted octanol–water partition coefficient (Wildman–Crippen LogP) is -0.00270. The number of aliphatic hydroxyl groups is 1. The molecule has 0 aromatic rings. The zero-order chi connectivity index (χ0) is 11.2. The van der Waals surface area contributed by atoms with Crippen molar-refractivity contribution < 1.29 is 9.84 Å². The van der Waals surface area contributed by atoms with Gasteiger partial charge in [0.2, 0.25) is 0 Å². The molecule has 0 amide bonds. The van der Waals surface area contributed by atoms with E-state index in [2.05, 4.69) is 5.32 Å². The number of piperidine rings is 1. The van der Waals surface area contributed by atoms with Gasteiger partial charge >= 0.3 is 0 Å². The lowest BCUT2D eigenvalue weighted by molar-refractivity contribution is -0.127. The minimum atomic E-state index is -0.604. The third-order valence-electron chi connectivity index (χ3n) is 5.04. The van der Waals surface area contributed by atoms with Crippen LogP contribution in [0.25, 0.3) is 0 Å². The molecule has 3 fully saturated rings. The van der Waals surface area contributed by atoms with E-state index in [1.165, 1.54) is 0 Å². The van der Waals surface area contributed by atoms with Gasteiger partial charge in [-0.1, -0.05) is 0 Å². The Morgan fingerprint density at radius 3 is 2.56 bits per heavy atom. The Bertz CT molecular complexity index is 278. The van der Waals surface area contributed by atoms with Crippen LogP contribution in [0, 0.1) is 5.41 Å². The van der Waals surface area contributed by atoms with Crippen LogP contribution in [-0.4, -0.2) is 42.5 Å². The maximum absolute atomic E-state index is 10.9. The van der Waals surface area contributed by atoms with Gasteiger partial charge in [-0.2, -0.15) is 0 Å². The van der Waals surface area contributed by atoms with Crippen LogP contribution < -0.4 is 11.1 Å². The van der Waals surface area contributed by atoms with Crippen LogP contribution in [-0.2, 0) is 4.74 Å². The number of fused-ring (bicyclic) bond motifs is 2. The first kappa shape index (κ1) is 11.0. The van der Waals surface area contributed by atoms with Gasteiger partial charge in [-0.25, -0.2) is 0 Å². The molecular formula is C12H22N2O2. The lowest BCUT2D eigenvalue weighted by atomic mass is 9.60. The summed E-state index contributed by atoms with van der Waals surface area (Å²) in [6.07, 6.45) is 5.38. The highest BCUT2D eigenvalue weighted by atomic mass is 16.5. The van der Waals surface area contributed by atoms with Crippen LogP contribution in [0.15, 0.2) is 0 Å². The second-order valence-corrected chi connectivity index (χ2v) is 5.67. The van der Waals surface area contributed by atoms with E-state index in [0.29, 0.717) is 12.6 Å². The molecule has 0 saturated carbocycles. The second kappa shape index (κ2) is 3.67. The monoisotopic (exact) mass is 226 g/mol. The number of hydrogen-bond acceptors (Lipinski definition) is 4. The molecule has 4 heteroatoms. The van der Waals surface area contributed by atoms with Crippen molar-refractivity contribution in [1.29, 1.82) is 0 Å². The summed E-state index contributed by atoms with van der Waals surface area (Å²) in [5.74, 6) is 0. The molecule has 0 spiro atoms. The molecule has 4 N–H and O–H groups in total. The van der Waals surface area contributed by atoms with E-state index in [0.717, 1.165) is 45.2 Å². The molecule has 2 bridgehead atoms. The molecule has 3 unspecified atom stereocenters. The normalized spacial score (nSPS) is 46.1. The van der Waals surface area contributed by atoms with Crippen molar-refractivity contribution in [3.8, 4) is 0 Å². The molecule has 92 valence electrons. The summed E-state index contributed by atoms with van der Waals surface area (Å²) in [7, 11) is 0. The van der Waals surface area contributed by atoms with E-state index in [4.69, 9.17) is 10.5 Å². The minimum Gasteiger partial charge on any atom is -0.389 e. The zero-order valence-corrected chi connectivity index (χ0v) is 9.74. The molecule has 0 radical (unpaired) electrons. The summed E-state index contributed by atoms with van der Waals surface area (Å²) in [4.78, 5) is 0. The van der Waals surface area contributed by atoms with Crippen LogP contribution in [0.3, 0.4) is 0 Å². The average molecular weight is 226 g/mol. The Kier molecular flexibility index (Phi) is 2.51. The molecule has 3 rings (SSSR count). The highest BCUT2D eigenvalue weighted by Gasteiger charge is 2.61. The topological polar surface area (TPSA) is 67.5 Å². The summed E-state index contributed by atoms with van der Waals surface area (Å²) in [6.45, 7) is 2.36. The van der Waals surface area contributed by atoms with Gasteiger partial charge in [0, 0.05) is 12.0 Å². The minimum absolute atomic E-state index is 0.169. The third-order valence-corrected chi connectivity index (χ3v) is 5.04. The third kappa shape index (κ3) is 1.30. The Hall–Kier alpha value is -0.160. The van der Waals surface area contributed by atoms with E-state index < -0.39 is 5.60 Å². The van der Waals surface area contributed by atoms with Gasteiger partial charge in [-0.05, 0) is 45.2 Å². The number of rotatable bonds is 2. The summed E-state index contributed by atoms with van der Waals surface area (Å²) in [6, 6.07) is 0. The first-order chi connectivity index (χ1) is 7.70. The fourth-order valence-corrected chi connectivity index (χ4v) is 4.03. The van der Waals surface area contributed by atoms with Crippen molar-refractivity contribution in [3.63, 3.8) is 0 Å². The molecule has 16 heavy (non-hydrogen) atoms. The number of nitrogens with two attached hydrogens (primary N) is 1. The number of ether oxygens (including phenoxy) is 1. The lowest BCUT2D eigenvalue weighted by Gasteiger charge is -2.50. The molecule has 0 aromatic heterocycles. The van der Waals surface area contributed by atoms with Crippen LogP contribution in [0.5, 0.6) is 0 Å². The highest BCUT2D eigenvalue weighted by Crippen LogP contribution is 2.55. The van der Waals surface area contributed by atoms with E-state index >= 15 is 0 Å². The summed E-state index contributed by atoms with van der Waals surface area (Å²) < 4.78 is 5.94. The molecule has 4 nitrogen and oxygen atoms in total. The standard InChI is InChI=1S/C12H22N2O2/c13-8-11(7-9-1-2-10(11)16-9)12(15)3-5-14-6-4-12/h9-10,14-15H,1-8,13H2. The van der Waals surface area contributed by atoms with Crippen molar-refractivity contribution in [2.75, 3.05) is 19.6 Å². The smallest absolute Gasteiger partial charge is 0.0765 e. The van der Waals surface area contributed by atoms with Gasteiger partial charge in [0.1, 0.15) is 0 Å².